The highest BCUT2D eigenvalue weighted by Gasteiger charge is 2.13. The Balaban J connectivity index is 2.79. The van der Waals surface area contributed by atoms with Gasteiger partial charge in [-0.15, -0.1) is 0 Å². The van der Waals surface area contributed by atoms with Crippen molar-refractivity contribution in [3.05, 3.63) is 29.3 Å². The molecule has 0 radical (unpaired) electrons. The van der Waals surface area contributed by atoms with E-state index in [1.807, 2.05) is 11.8 Å². The van der Waals surface area contributed by atoms with Crippen molar-refractivity contribution in [3.63, 3.8) is 0 Å². The van der Waals surface area contributed by atoms with Crippen LogP contribution in [0.1, 0.15) is 38.3 Å². The van der Waals surface area contributed by atoms with E-state index in [1.54, 1.807) is 0 Å². The van der Waals surface area contributed by atoms with Crippen LogP contribution in [0.5, 0.6) is 0 Å². The Morgan fingerprint density at radius 2 is 2.00 bits per heavy atom. The van der Waals surface area contributed by atoms with E-state index in [0.29, 0.717) is 12.1 Å². The van der Waals surface area contributed by atoms with Crippen molar-refractivity contribution in [2.24, 2.45) is 0 Å². The lowest BCUT2D eigenvalue weighted by Gasteiger charge is -2.29. The molecule has 0 saturated heterocycles. The summed E-state index contributed by atoms with van der Waals surface area (Å²) in [6.07, 6.45) is 3.37. The molecule has 0 amide bonds. The SMILES string of the molecule is CCC(CSC)N(C)c1ccc(CNC(C)C)c(C)c1. The summed E-state index contributed by atoms with van der Waals surface area (Å²) in [6.45, 7) is 9.81. The fourth-order valence-electron chi connectivity index (χ4n) is 2.32. The predicted molar refractivity (Wildman–Crippen MR) is 94.0 cm³/mol. The molecule has 0 saturated carbocycles. The zero-order valence-electron chi connectivity index (χ0n) is 13.9. The topological polar surface area (TPSA) is 15.3 Å². The lowest BCUT2D eigenvalue weighted by atomic mass is 10.1. The normalized spacial score (nSPS) is 12.8. The molecule has 1 aromatic carbocycles. The van der Waals surface area contributed by atoms with Crippen LogP contribution < -0.4 is 10.2 Å². The third-order valence-electron chi connectivity index (χ3n) is 3.81. The molecule has 0 aliphatic heterocycles. The van der Waals surface area contributed by atoms with Gasteiger partial charge >= 0.3 is 0 Å². The van der Waals surface area contributed by atoms with Crippen molar-refractivity contribution in [1.82, 2.24) is 5.32 Å². The number of thioether (sulfide) groups is 1. The van der Waals surface area contributed by atoms with Gasteiger partial charge in [-0.25, -0.2) is 0 Å². The molecule has 0 aromatic heterocycles. The number of nitrogens with one attached hydrogen (secondary N) is 1. The second-order valence-electron chi connectivity index (χ2n) is 5.77. The number of anilines is 1. The van der Waals surface area contributed by atoms with Gasteiger partial charge in [0.2, 0.25) is 0 Å². The van der Waals surface area contributed by atoms with Crippen LogP contribution in [0.15, 0.2) is 18.2 Å². The minimum atomic E-state index is 0.530. The third kappa shape index (κ3) is 5.02. The molecule has 0 aliphatic carbocycles. The quantitative estimate of drug-likeness (QED) is 0.778. The average molecular weight is 295 g/mol. The summed E-state index contributed by atoms with van der Waals surface area (Å²) in [4.78, 5) is 2.42. The number of nitrogens with zero attached hydrogens (tertiary/aromatic N) is 1. The molecule has 0 aliphatic rings. The molecular formula is C17H30N2S. The second kappa shape index (κ2) is 8.58. The van der Waals surface area contributed by atoms with Gasteiger partial charge in [0.1, 0.15) is 0 Å². The minimum absolute atomic E-state index is 0.530. The van der Waals surface area contributed by atoms with Gasteiger partial charge in [0, 0.05) is 37.1 Å². The van der Waals surface area contributed by atoms with E-state index in [-0.39, 0.29) is 0 Å². The number of hydrogen-bond acceptors (Lipinski definition) is 3. The van der Waals surface area contributed by atoms with Gasteiger partial charge in [0.25, 0.3) is 0 Å². The number of aryl methyl sites for hydroxylation is 1. The van der Waals surface area contributed by atoms with E-state index in [2.05, 4.69) is 69.4 Å². The summed E-state index contributed by atoms with van der Waals surface area (Å²) < 4.78 is 0. The van der Waals surface area contributed by atoms with Crippen molar-refractivity contribution < 1.29 is 0 Å². The highest BCUT2D eigenvalue weighted by molar-refractivity contribution is 7.98. The van der Waals surface area contributed by atoms with Crippen LogP contribution in [-0.4, -0.2) is 31.1 Å². The zero-order chi connectivity index (χ0) is 15.1. The average Bonchev–Trinajstić information content (AvgIpc) is 2.42. The van der Waals surface area contributed by atoms with Crippen molar-refractivity contribution in [2.45, 2.75) is 52.7 Å². The molecule has 0 spiro atoms. The summed E-state index contributed by atoms with van der Waals surface area (Å²) in [5, 5.41) is 3.49. The van der Waals surface area contributed by atoms with Crippen LogP contribution in [-0.2, 0) is 6.54 Å². The van der Waals surface area contributed by atoms with E-state index < -0.39 is 0 Å². The minimum Gasteiger partial charge on any atom is -0.371 e. The molecule has 2 nitrogen and oxygen atoms in total. The Kier molecular flexibility index (Phi) is 7.46. The molecule has 1 atom stereocenters. The number of rotatable bonds is 8. The highest BCUT2D eigenvalue weighted by atomic mass is 32.2. The molecule has 1 aromatic rings. The Morgan fingerprint density at radius 1 is 1.30 bits per heavy atom. The van der Waals surface area contributed by atoms with Gasteiger partial charge in [-0.3, -0.25) is 0 Å². The molecule has 0 bridgehead atoms. The molecule has 114 valence electrons. The van der Waals surface area contributed by atoms with Crippen molar-refractivity contribution >= 4 is 17.4 Å². The maximum atomic E-state index is 3.49. The maximum Gasteiger partial charge on any atom is 0.0374 e. The Labute approximate surface area is 129 Å². The first-order chi connectivity index (χ1) is 9.49. The molecule has 1 rings (SSSR count). The van der Waals surface area contributed by atoms with Crippen molar-refractivity contribution in [1.29, 1.82) is 0 Å². The predicted octanol–water partition coefficient (Wildman–Crippen LogP) is 4.07. The fraction of sp³-hybridized carbons (Fsp3) is 0.647. The summed E-state index contributed by atoms with van der Waals surface area (Å²) in [5.74, 6) is 1.18. The largest absolute Gasteiger partial charge is 0.371 e. The summed E-state index contributed by atoms with van der Waals surface area (Å²) in [7, 11) is 2.21. The third-order valence-corrected chi connectivity index (χ3v) is 4.53. The lowest BCUT2D eigenvalue weighted by Crippen LogP contribution is -2.33. The monoisotopic (exact) mass is 294 g/mol. The van der Waals surface area contributed by atoms with Crippen LogP contribution in [0.4, 0.5) is 5.69 Å². The van der Waals surface area contributed by atoms with Crippen LogP contribution in [0.2, 0.25) is 0 Å². The Hall–Kier alpha value is -0.670. The summed E-state index contributed by atoms with van der Waals surface area (Å²) in [6, 6.07) is 7.99. The fourth-order valence-corrected chi connectivity index (χ4v) is 3.16. The van der Waals surface area contributed by atoms with E-state index in [9.17, 15) is 0 Å². The summed E-state index contributed by atoms with van der Waals surface area (Å²) in [5.41, 5.74) is 4.10. The summed E-state index contributed by atoms with van der Waals surface area (Å²) >= 11 is 1.92. The van der Waals surface area contributed by atoms with Crippen LogP contribution in [0.3, 0.4) is 0 Å². The molecule has 1 unspecified atom stereocenters. The van der Waals surface area contributed by atoms with Crippen LogP contribution >= 0.6 is 11.8 Å². The van der Waals surface area contributed by atoms with Gasteiger partial charge in [-0.2, -0.15) is 11.8 Å². The molecule has 3 heteroatoms. The second-order valence-corrected chi connectivity index (χ2v) is 6.69. The Morgan fingerprint density at radius 3 is 2.50 bits per heavy atom. The first kappa shape index (κ1) is 17.4. The first-order valence-corrected chi connectivity index (χ1v) is 8.93. The molecule has 1 N–H and O–H groups in total. The van der Waals surface area contributed by atoms with E-state index in [1.165, 1.54) is 29.0 Å². The highest BCUT2D eigenvalue weighted by Crippen LogP contribution is 2.22. The van der Waals surface area contributed by atoms with Gasteiger partial charge < -0.3 is 10.2 Å². The van der Waals surface area contributed by atoms with Crippen LogP contribution in [0.25, 0.3) is 0 Å². The lowest BCUT2D eigenvalue weighted by molar-refractivity contribution is 0.587. The molecular weight excluding hydrogens is 264 g/mol. The zero-order valence-corrected chi connectivity index (χ0v) is 14.7. The van der Waals surface area contributed by atoms with Crippen molar-refractivity contribution in [3.8, 4) is 0 Å². The van der Waals surface area contributed by atoms with Gasteiger partial charge in [0.05, 0.1) is 0 Å². The molecule has 0 fully saturated rings. The van der Waals surface area contributed by atoms with Gasteiger partial charge in [-0.05, 0) is 42.9 Å². The standard InChI is InChI=1S/C17H30N2S/c1-7-16(12-20-6)19(5)17-9-8-15(14(4)10-17)11-18-13(2)3/h8-10,13,16,18H,7,11-12H2,1-6H3. The molecule has 0 heterocycles. The van der Waals surface area contributed by atoms with Crippen molar-refractivity contribution in [2.75, 3.05) is 24.0 Å². The Bertz CT molecular complexity index is 404. The maximum absolute atomic E-state index is 3.49. The number of hydrogen-bond donors (Lipinski definition) is 1. The number of benzene rings is 1. The van der Waals surface area contributed by atoms with Gasteiger partial charge in [0.15, 0.2) is 0 Å². The molecule has 20 heavy (non-hydrogen) atoms. The van der Waals surface area contributed by atoms with E-state index in [0.717, 1.165) is 6.54 Å². The van der Waals surface area contributed by atoms with E-state index >= 15 is 0 Å². The van der Waals surface area contributed by atoms with Crippen LogP contribution in [0, 0.1) is 6.92 Å². The van der Waals surface area contributed by atoms with E-state index in [4.69, 9.17) is 0 Å². The first-order valence-electron chi connectivity index (χ1n) is 7.54. The smallest absolute Gasteiger partial charge is 0.0374 e. The van der Waals surface area contributed by atoms with Gasteiger partial charge in [-0.1, -0.05) is 26.8 Å².